The number of nitrogens with zero attached hydrogens (tertiary/aromatic N) is 2. The van der Waals surface area contributed by atoms with Crippen LogP contribution in [-0.4, -0.2) is 34.3 Å². The molecule has 0 spiro atoms. The molecule has 1 aliphatic heterocycles. The van der Waals surface area contributed by atoms with Gasteiger partial charge in [0, 0.05) is 24.2 Å². The van der Waals surface area contributed by atoms with Gasteiger partial charge in [-0.05, 0) is 65.2 Å². The zero-order valence-electron chi connectivity index (χ0n) is 19.9. The number of anilines is 1. The van der Waals surface area contributed by atoms with Gasteiger partial charge < -0.3 is 16.6 Å². The van der Waals surface area contributed by atoms with Crippen LogP contribution in [0.2, 0.25) is 0 Å². The van der Waals surface area contributed by atoms with E-state index in [4.69, 9.17) is 11.7 Å². The van der Waals surface area contributed by atoms with Crippen LogP contribution in [0.1, 0.15) is 24.0 Å². The molecule has 3 aromatic rings. The molecule has 10 heteroatoms. The maximum absolute atomic E-state index is 12.8. The van der Waals surface area contributed by atoms with Gasteiger partial charge in [-0.3, -0.25) is 19.3 Å². The van der Waals surface area contributed by atoms with E-state index >= 15 is 0 Å². The summed E-state index contributed by atoms with van der Waals surface area (Å²) in [5, 5.41) is 5.98. The van der Waals surface area contributed by atoms with E-state index in [-0.39, 0.29) is 30.0 Å². The summed E-state index contributed by atoms with van der Waals surface area (Å²) >= 11 is 0.911. The Morgan fingerprint density at radius 3 is 2.27 bits per heavy atom. The van der Waals surface area contributed by atoms with E-state index in [0.717, 1.165) is 28.5 Å². The summed E-state index contributed by atoms with van der Waals surface area (Å²) in [7, 11) is 0. The minimum absolute atomic E-state index is 0.156. The van der Waals surface area contributed by atoms with Crippen LogP contribution in [0.25, 0.3) is 17.2 Å². The van der Waals surface area contributed by atoms with Crippen molar-refractivity contribution >= 4 is 46.4 Å². The van der Waals surface area contributed by atoms with Gasteiger partial charge >= 0.3 is 0 Å². The highest BCUT2D eigenvalue weighted by atomic mass is 32.2. The second-order valence-electron chi connectivity index (χ2n) is 8.17. The van der Waals surface area contributed by atoms with Gasteiger partial charge in [-0.25, -0.2) is 5.84 Å². The van der Waals surface area contributed by atoms with Crippen molar-refractivity contribution in [3.63, 3.8) is 0 Å². The van der Waals surface area contributed by atoms with E-state index in [2.05, 4.69) is 15.8 Å². The normalized spacial score (nSPS) is 14.8. The Hall–Kier alpha value is -4.41. The van der Waals surface area contributed by atoms with Gasteiger partial charge in [-0.2, -0.15) is 5.10 Å². The maximum Gasteiger partial charge on any atom is 0.293 e. The van der Waals surface area contributed by atoms with Gasteiger partial charge in [0.05, 0.1) is 4.91 Å². The zero-order valence-corrected chi connectivity index (χ0v) is 20.7. The number of amidine groups is 1. The third-order valence-electron chi connectivity index (χ3n) is 5.68. The molecule has 0 radical (unpaired) electrons. The number of nitrogens with one attached hydrogen (secondary N) is 2. The van der Waals surface area contributed by atoms with Crippen molar-refractivity contribution in [2.75, 3.05) is 11.9 Å². The highest BCUT2D eigenvalue weighted by molar-refractivity contribution is 8.18. The topological polar surface area (TPSA) is 143 Å². The van der Waals surface area contributed by atoms with Gasteiger partial charge in [0.2, 0.25) is 5.91 Å². The van der Waals surface area contributed by atoms with E-state index < -0.39 is 0 Å². The van der Waals surface area contributed by atoms with Gasteiger partial charge in [0.25, 0.3) is 11.1 Å². The Morgan fingerprint density at radius 2 is 1.62 bits per heavy atom. The summed E-state index contributed by atoms with van der Waals surface area (Å²) in [6, 6.07) is 24.6. The lowest BCUT2D eigenvalue weighted by Gasteiger charge is -2.12. The predicted molar refractivity (Wildman–Crippen MR) is 147 cm³/mol. The molecule has 3 amide bonds. The molecule has 0 atom stereocenters. The first-order valence-electron chi connectivity index (χ1n) is 11.5. The first kappa shape index (κ1) is 25.7. The number of imide groups is 1. The molecule has 0 saturated carbocycles. The summed E-state index contributed by atoms with van der Waals surface area (Å²) in [6.45, 7) is 0.166. The number of benzene rings is 3. The molecular weight excluding hydrogens is 488 g/mol. The van der Waals surface area contributed by atoms with Crippen LogP contribution in [0.15, 0.2) is 88.9 Å². The Morgan fingerprint density at radius 1 is 0.946 bits per heavy atom. The predicted octanol–water partition coefficient (Wildman–Crippen LogP) is 3.89. The smallest absolute Gasteiger partial charge is 0.293 e. The number of nitrogens with two attached hydrogens (primary N) is 2. The largest absolute Gasteiger partial charge is 0.326 e. The monoisotopic (exact) mass is 514 g/mol. The fourth-order valence-electron chi connectivity index (χ4n) is 3.77. The van der Waals surface area contributed by atoms with Crippen LogP contribution in [-0.2, 0) is 9.59 Å². The minimum atomic E-state index is -0.344. The number of rotatable bonds is 8. The number of carbonyl (C=O) groups is 3. The summed E-state index contributed by atoms with van der Waals surface area (Å²) in [4.78, 5) is 39.1. The van der Waals surface area contributed by atoms with Crippen LogP contribution in [0.4, 0.5) is 10.5 Å². The van der Waals surface area contributed by atoms with E-state index in [1.165, 1.54) is 4.90 Å². The zero-order chi connectivity index (χ0) is 26.2. The molecule has 0 unspecified atom stereocenters. The van der Waals surface area contributed by atoms with E-state index in [1.54, 1.807) is 30.3 Å². The van der Waals surface area contributed by atoms with Gasteiger partial charge in [-0.1, -0.05) is 54.6 Å². The Kier molecular flexibility index (Phi) is 8.34. The first-order chi connectivity index (χ1) is 18.0. The summed E-state index contributed by atoms with van der Waals surface area (Å²) in [5.74, 6) is 10.3. The van der Waals surface area contributed by atoms with E-state index in [0.29, 0.717) is 28.4 Å². The molecule has 0 aliphatic carbocycles. The number of thioether (sulfide) groups is 1. The van der Waals surface area contributed by atoms with Crippen LogP contribution in [0.3, 0.4) is 0 Å². The van der Waals surface area contributed by atoms with Gasteiger partial charge in [0.15, 0.2) is 5.84 Å². The standard InChI is InChI=1S/C27H26N6O3S/c28-31-25(32-29)21-12-14-22(15-13-21)30-24(34)7-4-16-33-26(35)23(37-27(33)36)17-18-8-10-20(11-9-18)19-5-2-1-3-6-19/h1-3,5-6,8-15,17H,4,7,16,28-29H2,(H,30,34)(H,31,32)/b23-17-. The van der Waals surface area contributed by atoms with Crippen molar-refractivity contribution in [1.82, 2.24) is 10.3 Å². The summed E-state index contributed by atoms with van der Waals surface area (Å²) in [6.07, 6.45) is 2.22. The van der Waals surface area contributed by atoms with Crippen LogP contribution in [0.5, 0.6) is 0 Å². The van der Waals surface area contributed by atoms with Crippen LogP contribution in [0, 0.1) is 0 Å². The van der Waals surface area contributed by atoms with Crippen molar-refractivity contribution in [3.05, 3.63) is 94.9 Å². The molecule has 0 aromatic heterocycles. The molecule has 4 rings (SSSR count). The molecule has 1 saturated heterocycles. The van der Waals surface area contributed by atoms with Crippen LogP contribution >= 0.6 is 11.8 Å². The molecule has 1 heterocycles. The van der Waals surface area contributed by atoms with Gasteiger partial charge in [-0.15, -0.1) is 0 Å². The molecule has 37 heavy (non-hydrogen) atoms. The average Bonchev–Trinajstić information content (AvgIpc) is 3.18. The SMILES string of the molecule is N/N=C(\NN)c1ccc(NC(=O)CCCN2C(=O)S/C(=C\c3ccc(-c4ccccc4)cc3)C2=O)cc1. The lowest BCUT2D eigenvalue weighted by molar-refractivity contribution is -0.123. The number of hydrazone groups is 1. The van der Waals surface area contributed by atoms with Crippen LogP contribution < -0.4 is 22.4 Å². The lowest BCUT2D eigenvalue weighted by atomic mass is 10.0. The number of hydrazine groups is 1. The maximum atomic E-state index is 12.8. The Balaban J connectivity index is 1.29. The summed E-state index contributed by atoms with van der Waals surface area (Å²) in [5.41, 5.74) is 6.66. The fraction of sp³-hybridized carbons (Fsp3) is 0.111. The van der Waals surface area contributed by atoms with Crippen molar-refractivity contribution in [2.45, 2.75) is 12.8 Å². The molecule has 188 valence electrons. The minimum Gasteiger partial charge on any atom is -0.326 e. The van der Waals surface area contributed by atoms with Crippen molar-refractivity contribution in [1.29, 1.82) is 0 Å². The Bertz CT molecular complexity index is 1340. The Labute approximate surface area is 218 Å². The highest BCUT2D eigenvalue weighted by Gasteiger charge is 2.34. The molecule has 6 N–H and O–H groups in total. The van der Waals surface area contributed by atoms with Crippen molar-refractivity contribution in [2.24, 2.45) is 16.8 Å². The third kappa shape index (κ3) is 6.43. The molecule has 3 aromatic carbocycles. The number of hydrogen-bond acceptors (Lipinski definition) is 7. The highest BCUT2D eigenvalue weighted by Crippen LogP contribution is 2.32. The number of amides is 3. The van der Waals surface area contributed by atoms with Crippen molar-refractivity contribution in [3.8, 4) is 11.1 Å². The quantitative estimate of drug-likeness (QED) is 0.117. The number of hydrogen-bond donors (Lipinski definition) is 4. The number of carbonyl (C=O) groups excluding carboxylic acids is 3. The molecule has 1 aliphatic rings. The summed E-state index contributed by atoms with van der Waals surface area (Å²) < 4.78 is 0. The average molecular weight is 515 g/mol. The third-order valence-corrected chi connectivity index (χ3v) is 6.59. The fourth-order valence-corrected chi connectivity index (χ4v) is 4.64. The van der Waals surface area contributed by atoms with Crippen molar-refractivity contribution < 1.29 is 14.4 Å². The van der Waals surface area contributed by atoms with Gasteiger partial charge in [0.1, 0.15) is 0 Å². The molecular formula is C27H26N6O3S. The first-order valence-corrected chi connectivity index (χ1v) is 12.4. The molecule has 1 fully saturated rings. The second-order valence-corrected chi connectivity index (χ2v) is 9.17. The van der Waals surface area contributed by atoms with E-state index in [1.807, 2.05) is 54.6 Å². The van der Waals surface area contributed by atoms with E-state index in [9.17, 15) is 14.4 Å². The molecule has 9 nitrogen and oxygen atoms in total. The molecule has 0 bridgehead atoms. The second kappa shape index (κ2) is 12.0. The lowest BCUT2D eigenvalue weighted by Crippen LogP contribution is -2.32.